The molecule has 2 heteroatoms. The van der Waals surface area contributed by atoms with Crippen molar-refractivity contribution in [3.63, 3.8) is 0 Å². The summed E-state index contributed by atoms with van der Waals surface area (Å²) in [7, 11) is 0. The average molecular weight is 240 g/mol. The fourth-order valence-corrected chi connectivity index (χ4v) is 2.72. The summed E-state index contributed by atoms with van der Waals surface area (Å²) in [6.45, 7) is 14.2. The molecular weight excluding hydrogens is 208 g/mol. The Kier molecular flexibility index (Phi) is 7.14. The molecule has 1 fully saturated rings. The molecule has 0 radical (unpaired) electrons. The van der Waals surface area contributed by atoms with Gasteiger partial charge in [-0.1, -0.05) is 27.7 Å². The van der Waals surface area contributed by atoms with Gasteiger partial charge in [-0.15, -0.1) is 0 Å². The van der Waals surface area contributed by atoms with Crippen molar-refractivity contribution in [2.45, 2.75) is 59.4 Å². The van der Waals surface area contributed by atoms with Gasteiger partial charge in [0.25, 0.3) is 0 Å². The molecule has 0 aromatic rings. The summed E-state index contributed by atoms with van der Waals surface area (Å²) >= 11 is 0. The van der Waals surface area contributed by atoms with Crippen LogP contribution in [0.15, 0.2) is 0 Å². The second kappa shape index (κ2) is 8.10. The largest absolute Gasteiger partial charge is 0.315 e. The highest BCUT2D eigenvalue weighted by Crippen LogP contribution is 2.18. The highest BCUT2D eigenvalue weighted by atomic mass is 15.2. The van der Waals surface area contributed by atoms with Crippen LogP contribution in [0.4, 0.5) is 0 Å². The molecule has 1 N–H and O–H groups in total. The van der Waals surface area contributed by atoms with Gasteiger partial charge in [-0.25, -0.2) is 0 Å². The van der Waals surface area contributed by atoms with E-state index in [1.807, 2.05) is 0 Å². The van der Waals surface area contributed by atoms with Crippen LogP contribution in [-0.2, 0) is 0 Å². The van der Waals surface area contributed by atoms with Gasteiger partial charge < -0.3 is 5.32 Å². The first-order valence-electron chi connectivity index (χ1n) is 7.58. The summed E-state index contributed by atoms with van der Waals surface area (Å²) in [5.41, 5.74) is 0. The third kappa shape index (κ3) is 5.87. The number of nitrogens with zero attached hydrogens (tertiary/aromatic N) is 1. The van der Waals surface area contributed by atoms with Gasteiger partial charge in [0.05, 0.1) is 0 Å². The quantitative estimate of drug-likeness (QED) is 0.767. The number of hydrogen-bond donors (Lipinski definition) is 1. The molecule has 0 bridgehead atoms. The van der Waals surface area contributed by atoms with Crippen molar-refractivity contribution in [3.05, 3.63) is 0 Å². The normalized spacial score (nSPS) is 24.9. The molecule has 1 saturated heterocycles. The summed E-state index contributed by atoms with van der Waals surface area (Å²) in [6.07, 6.45) is 5.48. The summed E-state index contributed by atoms with van der Waals surface area (Å²) in [5.74, 6) is 1.69. The van der Waals surface area contributed by atoms with E-state index >= 15 is 0 Å². The third-order valence-electron chi connectivity index (χ3n) is 3.97. The van der Waals surface area contributed by atoms with E-state index in [0.29, 0.717) is 0 Å². The molecular formula is C15H32N2. The molecule has 1 aliphatic heterocycles. The summed E-state index contributed by atoms with van der Waals surface area (Å²) in [6, 6.07) is 0.749. The van der Waals surface area contributed by atoms with Gasteiger partial charge >= 0.3 is 0 Å². The van der Waals surface area contributed by atoms with Crippen molar-refractivity contribution < 1.29 is 0 Å². The van der Waals surface area contributed by atoms with Crippen LogP contribution in [0.2, 0.25) is 0 Å². The van der Waals surface area contributed by atoms with E-state index < -0.39 is 0 Å². The Bertz CT molecular complexity index is 191. The zero-order valence-electron chi connectivity index (χ0n) is 12.3. The fraction of sp³-hybridized carbons (Fsp3) is 1.00. The van der Waals surface area contributed by atoms with Crippen LogP contribution in [0.3, 0.4) is 0 Å². The van der Waals surface area contributed by atoms with Gasteiger partial charge in [0.1, 0.15) is 0 Å². The first-order chi connectivity index (χ1) is 8.13. The van der Waals surface area contributed by atoms with Gasteiger partial charge in [0, 0.05) is 12.6 Å². The van der Waals surface area contributed by atoms with Crippen LogP contribution in [0.5, 0.6) is 0 Å². The molecule has 2 atom stereocenters. The van der Waals surface area contributed by atoms with Gasteiger partial charge in [0.15, 0.2) is 0 Å². The highest BCUT2D eigenvalue weighted by Gasteiger charge is 2.20. The molecule has 17 heavy (non-hydrogen) atoms. The standard InChI is InChI=1S/C15H32N2/c1-5-15(12-16-11-13(2)3)17-9-6-7-14(4)8-10-17/h13-16H,5-12H2,1-4H3. The van der Waals surface area contributed by atoms with Crippen LogP contribution < -0.4 is 5.32 Å². The maximum atomic E-state index is 3.62. The van der Waals surface area contributed by atoms with Gasteiger partial charge in [-0.2, -0.15) is 0 Å². The van der Waals surface area contributed by atoms with Gasteiger partial charge in [-0.05, 0) is 57.2 Å². The predicted octanol–water partition coefficient (Wildman–Crippen LogP) is 3.13. The van der Waals surface area contributed by atoms with Crippen molar-refractivity contribution in [1.29, 1.82) is 0 Å². The van der Waals surface area contributed by atoms with Crippen LogP contribution in [-0.4, -0.2) is 37.1 Å². The predicted molar refractivity (Wildman–Crippen MR) is 76.4 cm³/mol. The van der Waals surface area contributed by atoms with E-state index in [9.17, 15) is 0 Å². The zero-order chi connectivity index (χ0) is 12.7. The molecule has 102 valence electrons. The number of likely N-dealkylation sites (tertiary alicyclic amines) is 1. The van der Waals surface area contributed by atoms with E-state index in [1.165, 1.54) is 45.3 Å². The molecule has 1 rings (SSSR count). The molecule has 1 aliphatic rings. The molecule has 0 spiro atoms. The smallest absolute Gasteiger partial charge is 0.0218 e. The molecule has 2 nitrogen and oxygen atoms in total. The minimum Gasteiger partial charge on any atom is -0.315 e. The molecule has 0 saturated carbocycles. The monoisotopic (exact) mass is 240 g/mol. The van der Waals surface area contributed by atoms with E-state index in [2.05, 4.69) is 37.9 Å². The lowest BCUT2D eigenvalue weighted by molar-refractivity contribution is 0.190. The number of hydrogen-bond acceptors (Lipinski definition) is 2. The lowest BCUT2D eigenvalue weighted by Crippen LogP contribution is -2.43. The van der Waals surface area contributed by atoms with Gasteiger partial charge in [-0.3, -0.25) is 4.90 Å². The van der Waals surface area contributed by atoms with Crippen LogP contribution in [0, 0.1) is 11.8 Å². The van der Waals surface area contributed by atoms with Crippen molar-refractivity contribution in [2.75, 3.05) is 26.2 Å². The Morgan fingerprint density at radius 2 is 1.94 bits per heavy atom. The van der Waals surface area contributed by atoms with Gasteiger partial charge in [0.2, 0.25) is 0 Å². The fourth-order valence-electron chi connectivity index (χ4n) is 2.72. The average Bonchev–Trinajstić information content (AvgIpc) is 2.49. The molecule has 0 aromatic carbocycles. The SMILES string of the molecule is CCC(CNCC(C)C)N1CCCC(C)CC1. The van der Waals surface area contributed by atoms with E-state index in [-0.39, 0.29) is 0 Å². The Labute approximate surface area is 108 Å². The van der Waals surface area contributed by atoms with Crippen LogP contribution in [0.1, 0.15) is 53.4 Å². The van der Waals surface area contributed by atoms with Crippen molar-refractivity contribution in [1.82, 2.24) is 10.2 Å². The van der Waals surface area contributed by atoms with E-state index in [0.717, 1.165) is 24.4 Å². The molecule has 0 amide bonds. The molecule has 0 aliphatic carbocycles. The minimum atomic E-state index is 0.749. The summed E-state index contributed by atoms with van der Waals surface area (Å²) in [4.78, 5) is 2.72. The highest BCUT2D eigenvalue weighted by molar-refractivity contribution is 4.76. The molecule has 0 aromatic heterocycles. The first-order valence-corrected chi connectivity index (χ1v) is 7.58. The Balaban J connectivity index is 2.32. The minimum absolute atomic E-state index is 0.749. The first kappa shape index (κ1) is 15.0. The van der Waals surface area contributed by atoms with Crippen molar-refractivity contribution in [3.8, 4) is 0 Å². The number of nitrogens with one attached hydrogen (secondary N) is 1. The van der Waals surface area contributed by atoms with Crippen LogP contribution in [0.25, 0.3) is 0 Å². The summed E-state index contributed by atoms with van der Waals surface area (Å²) < 4.78 is 0. The van der Waals surface area contributed by atoms with E-state index in [1.54, 1.807) is 0 Å². The molecule has 2 unspecified atom stereocenters. The van der Waals surface area contributed by atoms with E-state index in [4.69, 9.17) is 0 Å². The van der Waals surface area contributed by atoms with Crippen molar-refractivity contribution >= 4 is 0 Å². The van der Waals surface area contributed by atoms with Crippen LogP contribution >= 0.6 is 0 Å². The molecule has 1 heterocycles. The van der Waals surface area contributed by atoms with Crippen molar-refractivity contribution in [2.24, 2.45) is 11.8 Å². The summed E-state index contributed by atoms with van der Waals surface area (Å²) in [5, 5.41) is 3.62. The topological polar surface area (TPSA) is 15.3 Å². The maximum Gasteiger partial charge on any atom is 0.0218 e. The lowest BCUT2D eigenvalue weighted by Gasteiger charge is -2.30. The maximum absolute atomic E-state index is 3.62. The second-order valence-electron chi connectivity index (χ2n) is 6.19. The Morgan fingerprint density at radius 3 is 2.59 bits per heavy atom. The zero-order valence-corrected chi connectivity index (χ0v) is 12.3. The third-order valence-corrected chi connectivity index (χ3v) is 3.97. The number of rotatable bonds is 6. The Hall–Kier alpha value is -0.0800. The lowest BCUT2D eigenvalue weighted by atomic mass is 10.0. The second-order valence-corrected chi connectivity index (χ2v) is 6.19. The Morgan fingerprint density at radius 1 is 1.18 bits per heavy atom.